The van der Waals surface area contributed by atoms with Gasteiger partial charge in [0.2, 0.25) is 4.96 Å². The van der Waals surface area contributed by atoms with Gasteiger partial charge in [0, 0.05) is 30.8 Å². The van der Waals surface area contributed by atoms with Crippen LogP contribution in [0.3, 0.4) is 0 Å². The molecular weight excluding hydrogens is 324 g/mol. The first kappa shape index (κ1) is 15.5. The van der Waals surface area contributed by atoms with Crippen LogP contribution in [-0.2, 0) is 6.54 Å². The van der Waals surface area contributed by atoms with Crippen LogP contribution in [0.5, 0.6) is 0 Å². The summed E-state index contributed by atoms with van der Waals surface area (Å²) in [5.74, 6) is 0.444. The molecule has 1 aliphatic heterocycles. The molecule has 0 unspecified atom stereocenters. The number of nitrogens with zero attached hydrogens (tertiary/aromatic N) is 5. The molecule has 4 rings (SSSR count). The van der Waals surface area contributed by atoms with Crippen molar-refractivity contribution in [1.29, 1.82) is 0 Å². The molecule has 3 aromatic heterocycles. The highest BCUT2D eigenvalue weighted by atomic mass is 32.1. The van der Waals surface area contributed by atoms with Crippen LogP contribution in [0.15, 0.2) is 16.9 Å². The quantitative estimate of drug-likeness (QED) is 0.785. The molecule has 1 aliphatic rings. The SMILES string of the molecule is Cc1cc([C@@H]2CCCN(Cc3cc(=O)n4nc(C)sc4n3)C2)n[nH]1. The van der Waals surface area contributed by atoms with Crippen molar-refractivity contribution >= 4 is 16.3 Å². The molecule has 24 heavy (non-hydrogen) atoms. The lowest BCUT2D eigenvalue weighted by molar-refractivity contribution is 0.196. The van der Waals surface area contributed by atoms with Gasteiger partial charge in [0.15, 0.2) is 0 Å². The van der Waals surface area contributed by atoms with Crippen molar-refractivity contribution in [3.05, 3.63) is 44.6 Å². The summed E-state index contributed by atoms with van der Waals surface area (Å²) in [5.41, 5.74) is 2.96. The van der Waals surface area contributed by atoms with Crippen LogP contribution < -0.4 is 5.56 Å². The maximum absolute atomic E-state index is 12.2. The van der Waals surface area contributed by atoms with Crippen LogP contribution in [0.4, 0.5) is 0 Å². The van der Waals surface area contributed by atoms with Crippen molar-refractivity contribution in [3.63, 3.8) is 0 Å². The molecule has 1 N–H and O–H groups in total. The van der Waals surface area contributed by atoms with E-state index in [-0.39, 0.29) is 5.56 Å². The van der Waals surface area contributed by atoms with E-state index in [0.29, 0.717) is 17.4 Å². The Labute approximate surface area is 143 Å². The number of piperidine rings is 1. The van der Waals surface area contributed by atoms with E-state index in [9.17, 15) is 4.79 Å². The van der Waals surface area contributed by atoms with Gasteiger partial charge in [-0.3, -0.25) is 14.8 Å². The summed E-state index contributed by atoms with van der Waals surface area (Å²) < 4.78 is 1.38. The second-order valence-corrected chi connectivity index (χ2v) is 7.61. The van der Waals surface area contributed by atoms with Crippen LogP contribution in [0.2, 0.25) is 0 Å². The molecule has 0 bridgehead atoms. The minimum absolute atomic E-state index is 0.101. The maximum atomic E-state index is 12.2. The predicted octanol–water partition coefficient (Wildman–Crippen LogP) is 1.87. The Bertz CT molecular complexity index is 926. The first-order valence-electron chi connectivity index (χ1n) is 8.19. The largest absolute Gasteiger partial charge is 0.297 e. The summed E-state index contributed by atoms with van der Waals surface area (Å²) in [5, 5.41) is 12.5. The van der Waals surface area contributed by atoms with E-state index in [1.807, 2.05) is 13.8 Å². The van der Waals surface area contributed by atoms with Crippen molar-refractivity contribution in [2.45, 2.75) is 39.2 Å². The number of aromatic amines is 1. The van der Waals surface area contributed by atoms with Crippen molar-refractivity contribution in [2.24, 2.45) is 0 Å². The number of H-pyrrole nitrogens is 1. The van der Waals surface area contributed by atoms with Gasteiger partial charge in [-0.25, -0.2) is 4.98 Å². The molecule has 1 atom stereocenters. The normalized spacial score (nSPS) is 19.2. The fraction of sp³-hybridized carbons (Fsp3) is 0.500. The Balaban J connectivity index is 1.53. The fourth-order valence-electron chi connectivity index (χ4n) is 3.35. The zero-order chi connectivity index (χ0) is 16.7. The van der Waals surface area contributed by atoms with E-state index in [2.05, 4.69) is 31.2 Å². The second-order valence-electron chi connectivity index (χ2n) is 6.45. The minimum Gasteiger partial charge on any atom is -0.297 e. The topological polar surface area (TPSA) is 79.2 Å². The molecule has 0 aliphatic carbocycles. The minimum atomic E-state index is -0.101. The molecule has 8 heteroatoms. The van der Waals surface area contributed by atoms with E-state index >= 15 is 0 Å². The number of hydrogen-bond donors (Lipinski definition) is 1. The molecule has 0 amide bonds. The molecule has 1 saturated heterocycles. The van der Waals surface area contributed by atoms with E-state index in [1.165, 1.54) is 15.9 Å². The van der Waals surface area contributed by atoms with Crippen LogP contribution >= 0.6 is 11.3 Å². The third kappa shape index (κ3) is 2.99. The molecule has 0 spiro atoms. The number of rotatable bonds is 3. The van der Waals surface area contributed by atoms with Gasteiger partial charge in [-0.2, -0.15) is 14.7 Å². The summed E-state index contributed by atoms with van der Waals surface area (Å²) in [7, 11) is 0. The smallest absolute Gasteiger partial charge is 0.275 e. The molecule has 0 radical (unpaired) electrons. The number of aromatic nitrogens is 5. The lowest BCUT2D eigenvalue weighted by Crippen LogP contribution is -2.34. The van der Waals surface area contributed by atoms with Gasteiger partial charge in [0.1, 0.15) is 5.01 Å². The third-order valence-electron chi connectivity index (χ3n) is 4.43. The summed E-state index contributed by atoms with van der Waals surface area (Å²) in [6.07, 6.45) is 2.29. The molecule has 0 saturated carbocycles. The fourth-order valence-corrected chi connectivity index (χ4v) is 4.12. The van der Waals surface area contributed by atoms with Gasteiger partial charge in [-0.15, -0.1) is 0 Å². The first-order chi connectivity index (χ1) is 11.6. The molecular formula is C16H20N6OS. The van der Waals surface area contributed by atoms with Crippen LogP contribution in [0, 0.1) is 13.8 Å². The summed E-state index contributed by atoms with van der Waals surface area (Å²) in [4.78, 5) is 19.8. The monoisotopic (exact) mass is 344 g/mol. The molecule has 0 aromatic carbocycles. The van der Waals surface area contributed by atoms with Gasteiger partial charge in [0.05, 0.1) is 11.4 Å². The van der Waals surface area contributed by atoms with Crippen LogP contribution in [0.1, 0.15) is 40.8 Å². The summed E-state index contributed by atoms with van der Waals surface area (Å²) in [6, 6.07) is 3.74. The van der Waals surface area contributed by atoms with Crippen molar-refractivity contribution in [1.82, 2.24) is 29.7 Å². The number of fused-ring (bicyclic) bond motifs is 1. The van der Waals surface area contributed by atoms with E-state index < -0.39 is 0 Å². The number of nitrogens with one attached hydrogen (secondary N) is 1. The lowest BCUT2D eigenvalue weighted by atomic mass is 9.94. The van der Waals surface area contributed by atoms with Gasteiger partial charge in [0.25, 0.3) is 5.56 Å². The highest BCUT2D eigenvalue weighted by molar-refractivity contribution is 7.16. The predicted molar refractivity (Wildman–Crippen MR) is 92.4 cm³/mol. The second kappa shape index (κ2) is 6.10. The van der Waals surface area contributed by atoms with Gasteiger partial charge < -0.3 is 0 Å². The Hall–Kier alpha value is -2.06. The summed E-state index contributed by atoms with van der Waals surface area (Å²) in [6.45, 7) is 6.60. The summed E-state index contributed by atoms with van der Waals surface area (Å²) >= 11 is 1.45. The van der Waals surface area contributed by atoms with Crippen molar-refractivity contribution in [3.8, 4) is 0 Å². The van der Waals surface area contributed by atoms with E-state index in [1.54, 1.807) is 6.07 Å². The first-order valence-corrected chi connectivity index (χ1v) is 9.01. The van der Waals surface area contributed by atoms with Crippen LogP contribution in [-0.4, -0.2) is 42.8 Å². The highest BCUT2D eigenvalue weighted by Crippen LogP contribution is 2.26. The van der Waals surface area contributed by atoms with Gasteiger partial charge >= 0.3 is 0 Å². The Kier molecular flexibility index (Phi) is 3.93. The number of likely N-dealkylation sites (tertiary alicyclic amines) is 1. The van der Waals surface area contributed by atoms with Crippen molar-refractivity contribution < 1.29 is 0 Å². The Morgan fingerprint density at radius 3 is 3.04 bits per heavy atom. The molecule has 126 valence electrons. The van der Waals surface area contributed by atoms with E-state index in [0.717, 1.165) is 48.0 Å². The Morgan fingerprint density at radius 1 is 1.38 bits per heavy atom. The average molecular weight is 344 g/mol. The number of hydrogen-bond acceptors (Lipinski definition) is 6. The molecule has 7 nitrogen and oxygen atoms in total. The van der Waals surface area contributed by atoms with Crippen molar-refractivity contribution in [2.75, 3.05) is 13.1 Å². The van der Waals surface area contributed by atoms with Crippen LogP contribution in [0.25, 0.3) is 4.96 Å². The highest BCUT2D eigenvalue weighted by Gasteiger charge is 2.23. The zero-order valence-electron chi connectivity index (χ0n) is 13.8. The van der Waals surface area contributed by atoms with E-state index in [4.69, 9.17) is 0 Å². The van der Waals surface area contributed by atoms with Gasteiger partial charge in [-0.1, -0.05) is 11.3 Å². The lowest BCUT2D eigenvalue weighted by Gasteiger charge is -2.31. The number of aryl methyl sites for hydroxylation is 2. The maximum Gasteiger partial charge on any atom is 0.275 e. The average Bonchev–Trinajstić information content (AvgIpc) is 3.13. The molecule has 1 fully saturated rings. The Morgan fingerprint density at radius 2 is 2.25 bits per heavy atom. The van der Waals surface area contributed by atoms with Gasteiger partial charge in [-0.05, 0) is 39.3 Å². The zero-order valence-corrected chi connectivity index (χ0v) is 14.6. The third-order valence-corrected chi connectivity index (χ3v) is 5.26. The standard InChI is InChI=1S/C16H20N6OS/c1-10-6-14(19-18-10)12-4-3-5-21(8-12)9-13-7-15(23)22-16(17-13)24-11(2)20-22/h6-7,12H,3-5,8-9H2,1-2H3,(H,18,19)/t12-/m1/s1. The molecule has 3 aromatic rings. The molecule has 4 heterocycles.